The third kappa shape index (κ3) is 7.83. The van der Waals surface area contributed by atoms with Gasteiger partial charge in [0, 0.05) is 5.56 Å². The average Bonchev–Trinajstić information content (AvgIpc) is 3.79. The van der Waals surface area contributed by atoms with Gasteiger partial charge in [0.25, 0.3) is 0 Å². The Labute approximate surface area is 372 Å². The minimum atomic E-state index is -7.22. The second-order valence-corrected chi connectivity index (χ2v) is 14.7. The van der Waals surface area contributed by atoms with Gasteiger partial charge in [-0.15, -0.1) is 21.9 Å². The number of hydrogen-bond acceptors (Lipinski definition) is 2. The van der Waals surface area contributed by atoms with Gasteiger partial charge in [-0.25, -0.2) is 92.8 Å². The van der Waals surface area contributed by atoms with E-state index in [1.54, 1.807) is 6.20 Å². The smallest absolute Gasteiger partial charge is 0.227 e. The van der Waals surface area contributed by atoms with Crippen molar-refractivity contribution in [1.29, 1.82) is 0 Å². The van der Waals surface area contributed by atoms with Crippen molar-refractivity contribution in [2.24, 2.45) is 0 Å². The standard InChI is InChI=1S/C24BF20.C21H17N2O/c26-5-1(6(27)14(35)21(42)13(5)34)25(2-7(28)15(36)22(43)16(37)8(2)29,3-9(30)17(38)23(44)18(39)10(3)31)4-11(32)19(40)24(45)20(41)12(4)33;24-21(17-7-2-1-3-8-17)15-23-13-12-22-20(14-23)19-11-10-16-6-4-5-9-18(16)19/h;1-14,19H,15H2/q-1;+1. The van der Waals surface area contributed by atoms with E-state index < -0.39 is 144 Å². The maximum Gasteiger partial charge on any atom is 0.227 e. The Morgan fingerprint density at radius 1 is 0.449 bits per heavy atom. The number of allylic oxidation sites excluding steroid dienone is 1. The van der Waals surface area contributed by atoms with Gasteiger partial charge in [-0.3, -0.25) is 4.79 Å². The molecule has 0 N–H and O–H groups in total. The molecule has 1 aromatic heterocycles. The van der Waals surface area contributed by atoms with Crippen LogP contribution >= 0.6 is 0 Å². The third-order valence-electron chi connectivity index (χ3n) is 11.0. The molecule has 0 aliphatic heterocycles. The Bertz CT molecular complexity index is 2910. The molecule has 0 radical (unpaired) electrons. The van der Waals surface area contributed by atoms with Crippen LogP contribution in [0.3, 0.4) is 0 Å². The van der Waals surface area contributed by atoms with E-state index in [1.165, 1.54) is 11.1 Å². The molecular weight excluding hydrogens is 975 g/mol. The summed E-state index contributed by atoms with van der Waals surface area (Å²) >= 11 is 0. The minimum absolute atomic E-state index is 0.0973. The van der Waals surface area contributed by atoms with Gasteiger partial charge in [-0.1, -0.05) is 66.7 Å². The highest BCUT2D eigenvalue weighted by Gasteiger charge is 2.52. The quantitative estimate of drug-likeness (QED) is 0.0381. The molecule has 356 valence electrons. The van der Waals surface area contributed by atoms with Crippen molar-refractivity contribution >= 4 is 39.9 Å². The van der Waals surface area contributed by atoms with Crippen LogP contribution in [0.15, 0.2) is 79.3 Å². The largest absolute Gasteiger partial charge is 0.287 e. The lowest BCUT2D eigenvalue weighted by molar-refractivity contribution is -0.684. The molecular formula is C45H17BF20N2O. The van der Waals surface area contributed by atoms with Crippen LogP contribution in [0.5, 0.6) is 0 Å². The van der Waals surface area contributed by atoms with Crippen LogP contribution in [0.4, 0.5) is 87.8 Å². The SMILES string of the molecule is Fc1c(F)c(F)c([B-](c2c(F)c(F)c(F)c(F)c2F)(c2c(F)c(F)c(F)c(F)c2F)c2c(F)c(F)c(F)c(F)c2F)c(F)c1F.O=C(C[n+]1ccnc(C2C=Cc3ccccc32)c1)c1ccccc1. The molecule has 3 nitrogen and oxygen atoms in total. The van der Waals surface area contributed by atoms with Crippen molar-refractivity contribution in [3.63, 3.8) is 0 Å². The van der Waals surface area contributed by atoms with Gasteiger partial charge in [-0.05, 0) is 11.1 Å². The second kappa shape index (κ2) is 18.5. The van der Waals surface area contributed by atoms with E-state index in [0.29, 0.717) is 6.54 Å². The Kier molecular flexibility index (Phi) is 13.3. The fourth-order valence-electron chi connectivity index (χ4n) is 7.97. The molecule has 0 amide bonds. The first-order valence-electron chi connectivity index (χ1n) is 18.9. The Morgan fingerprint density at radius 3 is 1.16 bits per heavy atom. The summed E-state index contributed by atoms with van der Waals surface area (Å²) in [6.45, 7) is 0.317. The highest BCUT2D eigenvalue weighted by molar-refractivity contribution is 7.20. The summed E-state index contributed by atoms with van der Waals surface area (Å²) < 4.78 is 296. The maximum absolute atomic E-state index is 15.4. The van der Waals surface area contributed by atoms with Crippen molar-refractivity contribution in [3.8, 4) is 0 Å². The zero-order chi connectivity index (χ0) is 50.7. The van der Waals surface area contributed by atoms with Crippen molar-refractivity contribution in [3.05, 3.63) is 218 Å². The van der Waals surface area contributed by atoms with Gasteiger partial charge in [-0.2, -0.15) is 4.57 Å². The fraction of sp³-hybridized carbons (Fsp3) is 0.0444. The second-order valence-electron chi connectivity index (χ2n) is 14.7. The third-order valence-corrected chi connectivity index (χ3v) is 11.0. The molecule has 0 fully saturated rings. The van der Waals surface area contributed by atoms with Gasteiger partial charge < -0.3 is 0 Å². The molecule has 24 heteroatoms. The van der Waals surface area contributed by atoms with Crippen LogP contribution in [0.2, 0.25) is 0 Å². The molecule has 7 aromatic rings. The molecule has 6 aromatic carbocycles. The normalized spacial score (nSPS) is 13.1. The summed E-state index contributed by atoms with van der Waals surface area (Å²) in [5.41, 5.74) is -10.1. The maximum atomic E-state index is 15.4. The first kappa shape index (κ1) is 49.4. The number of carbonyl (C=O) groups is 1. The predicted molar refractivity (Wildman–Crippen MR) is 202 cm³/mol. The van der Waals surface area contributed by atoms with Gasteiger partial charge in [0.15, 0.2) is 82.2 Å². The molecule has 1 aliphatic carbocycles. The molecule has 1 unspecified atom stereocenters. The van der Waals surface area contributed by atoms with Gasteiger partial charge in [0.05, 0.1) is 12.1 Å². The number of ketones is 1. The van der Waals surface area contributed by atoms with Crippen LogP contribution in [-0.4, -0.2) is 16.9 Å². The summed E-state index contributed by atoms with van der Waals surface area (Å²) in [4.78, 5) is 16.9. The van der Waals surface area contributed by atoms with Crippen LogP contribution in [0.1, 0.15) is 33.1 Å². The highest BCUT2D eigenvalue weighted by Crippen LogP contribution is 2.34. The Balaban J connectivity index is 0.000000244. The number of rotatable bonds is 8. The number of hydrogen-bond donors (Lipinski definition) is 0. The zero-order valence-corrected chi connectivity index (χ0v) is 33.3. The fourth-order valence-corrected chi connectivity index (χ4v) is 7.97. The molecule has 8 rings (SSSR count). The minimum Gasteiger partial charge on any atom is -0.287 e. The lowest BCUT2D eigenvalue weighted by Crippen LogP contribution is -2.81. The van der Waals surface area contributed by atoms with Crippen LogP contribution < -0.4 is 26.4 Å². The van der Waals surface area contributed by atoms with E-state index in [-0.39, 0.29) is 11.7 Å². The Hall–Kier alpha value is -7.53. The number of aromatic nitrogens is 2. The molecule has 1 aliphatic rings. The van der Waals surface area contributed by atoms with Crippen molar-refractivity contribution in [1.82, 2.24) is 4.98 Å². The number of nitrogens with zero attached hydrogens (tertiary/aromatic N) is 2. The van der Waals surface area contributed by atoms with Gasteiger partial charge >= 0.3 is 0 Å². The van der Waals surface area contributed by atoms with E-state index >= 15 is 35.1 Å². The van der Waals surface area contributed by atoms with E-state index in [0.717, 1.165) is 11.3 Å². The molecule has 1 atom stereocenters. The van der Waals surface area contributed by atoms with Crippen molar-refractivity contribution < 1.29 is 97.2 Å². The van der Waals surface area contributed by atoms with Crippen LogP contribution in [-0.2, 0) is 6.54 Å². The molecule has 1 heterocycles. The lowest BCUT2D eigenvalue weighted by atomic mass is 9.12. The lowest BCUT2D eigenvalue weighted by Gasteiger charge is -2.44. The summed E-state index contributed by atoms with van der Waals surface area (Å²) in [7, 11) is 0. The summed E-state index contributed by atoms with van der Waals surface area (Å²) in [5.74, 6) is -71.2. The monoisotopic (exact) mass is 992 g/mol. The molecule has 0 bridgehead atoms. The molecule has 0 saturated heterocycles. The number of halogens is 20. The predicted octanol–water partition coefficient (Wildman–Crippen LogP) is 9.26. The highest BCUT2D eigenvalue weighted by atomic mass is 19.2. The summed E-state index contributed by atoms with van der Waals surface area (Å²) in [5, 5.41) is 0. The van der Waals surface area contributed by atoms with Crippen LogP contribution in [0, 0.1) is 116 Å². The Morgan fingerprint density at radius 2 is 0.783 bits per heavy atom. The molecule has 69 heavy (non-hydrogen) atoms. The van der Waals surface area contributed by atoms with Gasteiger partial charge in [0.2, 0.25) is 12.3 Å². The molecule has 0 spiro atoms. The summed E-state index contributed by atoms with van der Waals surface area (Å²) in [6, 6.07) is 17.7. The number of carbonyl (C=O) groups excluding carboxylic acids is 1. The van der Waals surface area contributed by atoms with Crippen molar-refractivity contribution in [2.75, 3.05) is 0 Å². The first-order chi connectivity index (χ1) is 32.5. The molecule has 0 saturated carbocycles. The van der Waals surface area contributed by atoms with Gasteiger partial charge in [0.1, 0.15) is 58.4 Å². The zero-order valence-electron chi connectivity index (χ0n) is 33.3. The average molecular weight is 992 g/mol. The van der Waals surface area contributed by atoms with E-state index in [4.69, 9.17) is 0 Å². The van der Waals surface area contributed by atoms with E-state index in [9.17, 15) is 57.5 Å². The number of Topliss-reactive ketones (excluding diaryl/α,β-unsaturated/α-hetero) is 1. The summed E-state index contributed by atoms with van der Waals surface area (Å²) in [6.07, 6.45) is 2.66. The first-order valence-corrected chi connectivity index (χ1v) is 18.9. The van der Waals surface area contributed by atoms with E-state index in [2.05, 4.69) is 35.3 Å². The number of fused-ring (bicyclic) bond motifs is 1. The number of benzene rings is 6. The van der Waals surface area contributed by atoms with Crippen LogP contribution in [0.25, 0.3) is 6.08 Å². The van der Waals surface area contributed by atoms with Crippen molar-refractivity contribution in [2.45, 2.75) is 12.5 Å². The van der Waals surface area contributed by atoms with E-state index in [1.807, 2.05) is 53.4 Å². The topological polar surface area (TPSA) is 33.8 Å².